The summed E-state index contributed by atoms with van der Waals surface area (Å²) in [7, 11) is 0. The van der Waals surface area contributed by atoms with E-state index in [4.69, 9.17) is 9.47 Å². The monoisotopic (exact) mass is 504 g/mol. The molecular formula is C28H44N2O6. The fourth-order valence-electron chi connectivity index (χ4n) is 6.32. The van der Waals surface area contributed by atoms with Crippen molar-refractivity contribution in [2.75, 3.05) is 26.3 Å². The zero-order chi connectivity index (χ0) is 26.7. The van der Waals surface area contributed by atoms with Gasteiger partial charge in [-0.15, -0.1) is 13.2 Å². The van der Waals surface area contributed by atoms with Gasteiger partial charge >= 0.3 is 5.97 Å². The third-order valence-corrected chi connectivity index (χ3v) is 8.01. The summed E-state index contributed by atoms with van der Waals surface area (Å²) in [6.45, 7) is 16.2. The minimum Gasteiger partial charge on any atom is -0.465 e. The van der Waals surface area contributed by atoms with E-state index in [2.05, 4.69) is 13.2 Å². The molecule has 36 heavy (non-hydrogen) atoms. The van der Waals surface area contributed by atoms with Crippen molar-refractivity contribution < 1.29 is 29.0 Å². The van der Waals surface area contributed by atoms with Crippen molar-refractivity contribution in [3.05, 3.63) is 25.3 Å². The Morgan fingerprint density at radius 1 is 1.19 bits per heavy atom. The van der Waals surface area contributed by atoms with Crippen molar-refractivity contribution in [3.63, 3.8) is 0 Å². The Balaban J connectivity index is 1.95. The van der Waals surface area contributed by atoms with E-state index < -0.39 is 40.6 Å². The number of nitrogens with zero attached hydrogens (tertiary/aromatic N) is 2. The molecule has 3 aliphatic rings. The largest absolute Gasteiger partial charge is 0.465 e. The van der Waals surface area contributed by atoms with Crippen LogP contribution in [0.1, 0.15) is 72.6 Å². The number of amides is 2. The van der Waals surface area contributed by atoms with E-state index in [1.165, 1.54) is 0 Å². The second-order valence-electron chi connectivity index (χ2n) is 11.6. The van der Waals surface area contributed by atoms with Crippen LogP contribution in [0, 0.1) is 11.8 Å². The molecule has 3 rings (SSSR count). The van der Waals surface area contributed by atoms with Gasteiger partial charge in [-0.05, 0) is 72.6 Å². The molecular weight excluding hydrogens is 460 g/mol. The number of aliphatic hydroxyl groups is 1. The molecule has 1 spiro atoms. The molecule has 0 aliphatic carbocycles. The lowest BCUT2D eigenvalue weighted by molar-refractivity contribution is -0.161. The van der Waals surface area contributed by atoms with E-state index in [1.807, 2.05) is 33.8 Å². The summed E-state index contributed by atoms with van der Waals surface area (Å²) in [5, 5.41) is 9.32. The van der Waals surface area contributed by atoms with Crippen molar-refractivity contribution in [2.45, 2.75) is 95.4 Å². The van der Waals surface area contributed by atoms with E-state index in [9.17, 15) is 19.5 Å². The molecule has 3 saturated heterocycles. The third-order valence-electron chi connectivity index (χ3n) is 8.01. The van der Waals surface area contributed by atoms with Crippen LogP contribution in [-0.4, -0.2) is 81.8 Å². The summed E-state index contributed by atoms with van der Waals surface area (Å²) >= 11 is 0. The van der Waals surface area contributed by atoms with Gasteiger partial charge < -0.3 is 24.4 Å². The van der Waals surface area contributed by atoms with Crippen LogP contribution in [0.3, 0.4) is 0 Å². The molecule has 2 bridgehead atoms. The summed E-state index contributed by atoms with van der Waals surface area (Å²) < 4.78 is 12.3. The van der Waals surface area contributed by atoms with Crippen molar-refractivity contribution >= 4 is 17.8 Å². The maximum Gasteiger partial charge on any atom is 0.312 e. The molecule has 1 N–H and O–H groups in total. The summed E-state index contributed by atoms with van der Waals surface area (Å²) in [5.74, 6) is -2.34. The highest BCUT2D eigenvalue weighted by Gasteiger charge is 2.78. The average Bonchev–Trinajstić information content (AvgIpc) is 3.37. The van der Waals surface area contributed by atoms with E-state index >= 15 is 0 Å². The Labute approximate surface area is 215 Å². The number of carbonyl (C=O) groups is 3. The minimum atomic E-state index is -1.07. The molecule has 3 fully saturated rings. The topological polar surface area (TPSA) is 96.4 Å². The van der Waals surface area contributed by atoms with Crippen molar-refractivity contribution in [2.24, 2.45) is 11.8 Å². The Morgan fingerprint density at radius 2 is 1.92 bits per heavy atom. The SMILES string of the molecule is C=CCCCCOC(=O)[C@@H]1[C@H]2C(=O)N(CCCCO)C(C(=O)N(CC=C)C(C)(C)C)C23CC[C@@]1(C)O3. The van der Waals surface area contributed by atoms with Gasteiger partial charge in [0.25, 0.3) is 0 Å². The summed E-state index contributed by atoms with van der Waals surface area (Å²) in [6.07, 6.45) is 8.17. The normalized spacial score (nSPS) is 30.9. The van der Waals surface area contributed by atoms with Crippen LogP contribution in [-0.2, 0) is 23.9 Å². The Morgan fingerprint density at radius 3 is 2.53 bits per heavy atom. The number of carbonyl (C=O) groups excluding carboxylic acids is 3. The fourth-order valence-corrected chi connectivity index (χ4v) is 6.32. The predicted molar refractivity (Wildman–Crippen MR) is 137 cm³/mol. The van der Waals surface area contributed by atoms with Crippen molar-refractivity contribution in [3.8, 4) is 0 Å². The first-order valence-electron chi connectivity index (χ1n) is 13.3. The molecule has 0 aromatic rings. The number of likely N-dealkylation sites (tertiary alicyclic amines) is 1. The molecule has 3 aliphatic heterocycles. The zero-order valence-electron chi connectivity index (χ0n) is 22.5. The predicted octanol–water partition coefficient (Wildman–Crippen LogP) is 3.24. The van der Waals surface area contributed by atoms with Crippen LogP contribution in [0.25, 0.3) is 0 Å². The lowest BCUT2D eigenvalue weighted by Gasteiger charge is -2.42. The minimum absolute atomic E-state index is 0.00910. The number of aliphatic hydroxyl groups excluding tert-OH is 1. The Kier molecular flexibility index (Phi) is 8.71. The average molecular weight is 505 g/mol. The molecule has 3 heterocycles. The number of rotatable bonds is 13. The van der Waals surface area contributed by atoms with Crippen LogP contribution < -0.4 is 0 Å². The summed E-state index contributed by atoms with van der Waals surface area (Å²) in [6, 6.07) is -0.833. The Hall–Kier alpha value is -2.19. The van der Waals surface area contributed by atoms with Gasteiger partial charge in [-0.25, -0.2) is 0 Å². The second-order valence-corrected chi connectivity index (χ2v) is 11.6. The molecule has 2 unspecified atom stereocenters. The smallest absolute Gasteiger partial charge is 0.312 e. The van der Waals surface area contributed by atoms with Crippen LogP contribution in [0.5, 0.6) is 0 Å². The van der Waals surface area contributed by atoms with E-state index in [0.29, 0.717) is 38.8 Å². The van der Waals surface area contributed by atoms with Crippen molar-refractivity contribution in [1.29, 1.82) is 0 Å². The van der Waals surface area contributed by atoms with Gasteiger partial charge in [0, 0.05) is 25.2 Å². The van der Waals surface area contributed by atoms with Crippen LogP contribution >= 0.6 is 0 Å². The maximum absolute atomic E-state index is 14.2. The van der Waals surface area contributed by atoms with E-state index in [1.54, 1.807) is 15.9 Å². The van der Waals surface area contributed by atoms with E-state index in [-0.39, 0.29) is 25.0 Å². The quantitative estimate of drug-likeness (QED) is 0.235. The fraction of sp³-hybridized carbons (Fsp3) is 0.750. The number of unbranched alkanes of at least 4 members (excludes halogenated alkanes) is 3. The van der Waals surface area contributed by atoms with Gasteiger partial charge in [-0.1, -0.05) is 12.2 Å². The molecule has 0 aromatic carbocycles. The molecule has 8 heteroatoms. The van der Waals surface area contributed by atoms with Gasteiger partial charge in [0.15, 0.2) is 0 Å². The van der Waals surface area contributed by atoms with Crippen molar-refractivity contribution in [1.82, 2.24) is 9.80 Å². The first-order valence-corrected chi connectivity index (χ1v) is 13.3. The number of esters is 1. The summed E-state index contributed by atoms with van der Waals surface area (Å²) in [4.78, 5) is 44.8. The number of ether oxygens (including phenoxy) is 2. The highest BCUT2D eigenvalue weighted by atomic mass is 16.6. The maximum atomic E-state index is 14.2. The van der Waals surface area contributed by atoms with Crippen LogP contribution in [0.2, 0.25) is 0 Å². The molecule has 202 valence electrons. The second kappa shape index (κ2) is 11.1. The summed E-state index contributed by atoms with van der Waals surface area (Å²) in [5.41, 5.74) is -2.41. The van der Waals surface area contributed by atoms with Gasteiger partial charge in [0.2, 0.25) is 11.8 Å². The highest BCUT2D eigenvalue weighted by Crippen LogP contribution is 2.63. The molecule has 8 nitrogen and oxygen atoms in total. The Bertz CT molecular complexity index is 867. The van der Waals surface area contributed by atoms with Gasteiger partial charge in [0.05, 0.1) is 18.1 Å². The van der Waals surface area contributed by atoms with Crippen LogP contribution in [0.4, 0.5) is 0 Å². The number of fused-ring (bicyclic) bond motifs is 1. The highest BCUT2D eigenvalue weighted by molar-refractivity contribution is 5.98. The first-order chi connectivity index (χ1) is 17.0. The molecule has 0 aromatic heterocycles. The number of hydrogen-bond donors (Lipinski definition) is 1. The first kappa shape index (κ1) is 28.4. The van der Waals surface area contributed by atoms with Gasteiger partial charge in [0.1, 0.15) is 17.6 Å². The zero-order valence-corrected chi connectivity index (χ0v) is 22.5. The standard InChI is InChI=1S/C28H44N2O6/c1-7-9-10-13-19-35-25(34)21-20-23(32)29(17-11-12-18-31)22(28(20)15-14-27(21,6)36-28)24(33)30(16-8-2)26(3,4)5/h7-8,20-22,31H,1-2,9-19H2,3-6H3/t20-,21-,22?,27+,28?/m0/s1. The van der Waals surface area contributed by atoms with Gasteiger partial charge in [-0.3, -0.25) is 14.4 Å². The van der Waals surface area contributed by atoms with E-state index in [0.717, 1.165) is 19.3 Å². The lowest BCUT2D eigenvalue weighted by Crippen LogP contribution is -2.60. The molecule has 0 radical (unpaired) electrons. The van der Waals surface area contributed by atoms with Gasteiger partial charge in [-0.2, -0.15) is 0 Å². The molecule has 2 amide bonds. The third kappa shape index (κ3) is 4.99. The number of allylic oxidation sites excluding steroid dienone is 1. The molecule has 5 atom stereocenters. The number of hydrogen-bond acceptors (Lipinski definition) is 6. The lowest BCUT2D eigenvalue weighted by atomic mass is 9.66. The molecule has 0 saturated carbocycles. The van der Waals surface area contributed by atoms with Crippen LogP contribution in [0.15, 0.2) is 25.3 Å².